The Bertz CT molecular complexity index is 421. The predicted molar refractivity (Wildman–Crippen MR) is 65.0 cm³/mol. The van der Waals surface area contributed by atoms with Crippen LogP contribution >= 0.6 is 23.4 Å². The second-order valence-electron chi connectivity index (χ2n) is 3.09. The molecule has 7 heteroatoms. The zero-order chi connectivity index (χ0) is 12.8. The van der Waals surface area contributed by atoms with Crippen molar-refractivity contribution in [3.05, 3.63) is 29.0 Å². The summed E-state index contributed by atoms with van der Waals surface area (Å²) in [7, 11) is 0. The van der Waals surface area contributed by atoms with Crippen molar-refractivity contribution in [2.24, 2.45) is 0 Å². The molecule has 0 aliphatic rings. The Kier molecular flexibility index (Phi) is 5.24. The van der Waals surface area contributed by atoms with Gasteiger partial charge in [0.15, 0.2) is 0 Å². The third-order valence-electron chi connectivity index (χ3n) is 1.61. The SMILES string of the molecule is O=C(O)CSCC(=O)Nc1cc(F)cc(Cl)c1. The van der Waals surface area contributed by atoms with E-state index in [9.17, 15) is 14.0 Å². The van der Waals surface area contributed by atoms with Crippen LogP contribution in [-0.2, 0) is 9.59 Å². The maximum absolute atomic E-state index is 12.9. The summed E-state index contributed by atoms with van der Waals surface area (Å²) < 4.78 is 12.9. The number of halogens is 2. The topological polar surface area (TPSA) is 66.4 Å². The Morgan fingerprint density at radius 2 is 2.06 bits per heavy atom. The summed E-state index contributed by atoms with van der Waals surface area (Å²) in [5.74, 6) is -2.11. The minimum atomic E-state index is -0.989. The number of thioether (sulfide) groups is 1. The van der Waals surface area contributed by atoms with Crippen LogP contribution in [0.5, 0.6) is 0 Å². The lowest BCUT2D eigenvalue weighted by Crippen LogP contribution is -2.15. The van der Waals surface area contributed by atoms with Gasteiger partial charge in [0.1, 0.15) is 5.82 Å². The number of carboxylic acid groups (broad SMARTS) is 1. The predicted octanol–water partition coefficient (Wildman–Crippen LogP) is 2.24. The van der Waals surface area contributed by atoms with Crippen LogP contribution in [0.1, 0.15) is 0 Å². The molecule has 0 aliphatic carbocycles. The van der Waals surface area contributed by atoms with E-state index in [1.165, 1.54) is 6.07 Å². The zero-order valence-electron chi connectivity index (χ0n) is 8.57. The molecule has 0 unspecified atom stereocenters. The van der Waals surface area contributed by atoms with Gasteiger partial charge < -0.3 is 10.4 Å². The molecular formula is C10H9ClFNO3S. The Balaban J connectivity index is 2.47. The molecule has 0 radical (unpaired) electrons. The largest absolute Gasteiger partial charge is 0.481 e. The maximum atomic E-state index is 12.9. The summed E-state index contributed by atoms with van der Waals surface area (Å²) in [4.78, 5) is 21.5. The van der Waals surface area contributed by atoms with E-state index in [1.54, 1.807) is 0 Å². The number of rotatable bonds is 5. The molecule has 1 rings (SSSR count). The Labute approximate surface area is 106 Å². The van der Waals surface area contributed by atoms with E-state index < -0.39 is 17.7 Å². The van der Waals surface area contributed by atoms with Crippen molar-refractivity contribution < 1.29 is 19.1 Å². The highest BCUT2D eigenvalue weighted by atomic mass is 35.5. The molecular weight excluding hydrogens is 269 g/mol. The molecule has 4 nitrogen and oxygen atoms in total. The van der Waals surface area contributed by atoms with E-state index in [0.29, 0.717) is 0 Å². The summed E-state index contributed by atoms with van der Waals surface area (Å²) in [5.41, 5.74) is 0.246. The molecule has 92 valence electrons. The third-order valence-corrected chi connectivity index (χ3v) is 2.74. The van der Waals surface area contributed by atoms with E-state index in [0.717, 1.165) is 23.9 Å². The highest BCUT2D eigenvalue weighted by molar-refractivity contribution is 8.00. The zero-order valence-corrected chi connectivity index (χ0v) is 10.1. The molecule has 17 heavy (non-hydrogen) atoms. The van der Waals surface area contributed by atoms with Crippen molar-refractivity contribution in [1.82, 2.24) is 0 Å². The molecule has 1 amide bonds. The molecule has 2 N–H and O–H groups in total. The average molecular weight is 278 g/mol. The number of benzene rings is 1. The Hall–Kier alpha value is -1.27. The van der Waals surface area contributed by atoms with Crippen molar-refractivity contribution >= 4 is 40.9 Å². The number of aliphatic carboxylic acids is 1. The molecule has 0 heterocycles. The van der Waals surface area contributed by atoms with Crippen LogP contribution in [0, 0.1) is 5.82 Å². The van der Waals surface area contributed by atoms with Crippen molar-refractivity contribution in [3.63, 3.8) is 0 Å². The van der Waals surface area contributed by atoms with E-state index in [4.69, 9.17) is 16.7 Å². The van der Waals surface area contributed by atoms with Gasteiger partial charge in [-0.25, -0.2) is 4.39 Å². The van der Waals surface area contributed by atoms with Gasteiger partial charge >= 0.3 is 5.97 Å². The fourth-order valence-electron chi connectivity index (χ4n) is 1.05. The normalized spacial score (nSPS) is 10.0. The fourth-order valence-corrected chi connectivity index (χ4v) is 1.81. The summed E-state index contributed by atoms with van der Waals surface area (Å²) in [6, 6.07) is 3.66. The fraction of sp³-hybridized carbons (Fsp3) is 0.200. The number of hydrogen-bond acceptors (Lipinski definition) is 3. The highest BCUT2D eigenvalue weighted by Gasteiger charge is 2.06. The lowest BCUT2D eigenvalue weighted by atomic mass is 10.3. The molecule has 0 saturated carbocycles. The summed E-state index contributed by atoms with van der Waals surface area (Å²) in [6.45, 7) is 0. The minimum absolute atomic E-state index is 0.0135. The van der Waals surface area contributed by atoms with Crippen molar-refractivity contribution in [1.29, 1.82) is 0 Å². The van der Waals surface area contributed by atoms with Crippen LogP contribution in [0.2, 0.25) is 5.02 Å². The first-order valence-corrected chi connectivity index (χ1v) is 6.06. The number of carbonyl (C=O) groups is 2. The molecule has 0 spiro atoms. The highest BCUT2D eigenvalue weighted by Crippen LogP contribution is 2.18. The molecule has 0 aliphatic heterocycles. The van der Waals surface area contributed by atoms with Crippen LogP contribution in [0.25, 0.3) is 0 Å². The molecule has 1 aromatic rings. The lowest BCUT2D eigenvalue weighted by molar-refractivity contribution is -0.133. The monoisotopic (exact) mass is 277 g/mol. The van der Waals surface area contributed by atoms with Gasteiger partial charge in [0.05, 0.1) is 11.5 Å². The number of nitrogens with one attached hydrogen (secondary N) is 1. The van der Waals surface area contributed by atoms with Crippen LogP contribution in [0.4, 0.5) is 10.1 Å². The number of amides is 1. The van der Waals surface area contributed by atoms with Crippen molar-refractivity contribution in [2.45, 2.75) is 0 Å². The van der Waals surface area contributed by atoms with Crippen molar-refractivity contribution in [3.8, 4) is 0 Å². The van der Waals surface area contributed by atoms with Crippen LogP contribution in [-0.4, -0.2) is 28.5 Å². The van der Waals surface area contributed by atoms with Crippen LogP contribution in [0.15, 0.2) is 18.2 Å². The molecule has 1 aromatic carbocycles. The van der Waals surface area contributed by atoms with Gasteiger partial charge in [-0.2, -0.15) is 0 Å². The van der Waals surface area contributed by atoms with Gasteiger partial charge in [-0.3, -0.25) is 9.59 Å². The van der Waals surface area contributed by atoms with E-state index >= 15 is 0 Å². The van der Waals surface area contributed by atoms with Gasteiger partial charge in [0.2, 0.25) is 5.91 Å². The van der Waals surface area contributed by atoms with Gasteiger partial charge in [-0.05, 0) is 18.2 Å². The van der Waals surface area contributed by atoms with Gasteiger partial charge in [-0.1, -0.05) is 11.6 Å². The van der Waals surface area contributed by atoms with E-state index in [2.05, 4.69) is 5.32 Å². The Morgan fingerprint density at radius 1 is 1.35 bits per heavy atom. The number of carbonyl (C=O) groups excluding carboxylic acids is 1. The molecule has 0 bridgehead atoms. The number of hydrogen-bond donors (Lipinski definition) is 2. The maximum Gasteiger partial charge on any atom is 0.313 e. The second-order valence-corrected chi connectivity index (χ2v) is 4.51. The summed E-state index contributed by atoms with van der Waals surface area (Å²) in [6.07, 6.45) is 0. The first-order valence-electron chi connectivity index (χ1n) is 4.53. The van der Waals surface area contributed by atoms with Gasteiger partial charge in [0, 0.05) is 10.7 Å². The number of carboxylic acids is 1. The standard InChI is InChI=1S/C10H9ClFNO3S/c11-6-1-7(12)3-8(2-6)13-9(14)4-17-5-10(15)16/h1-3H,4-5H2,(H,13,14)(H,15,16). The molecule has 0 saturated heterocycles. The first-order chi connectivity index (χ1) is 7.97. The second kappa shape index (κ2) is 6.46. The smallest absolute Gasteiger partial charge is 0.313 e. The van der Waals surface area contributed by atoms with Crippen LogP contribution in [0.3, 0.4) is 0 Å². The van der Waals surface area contributed by atoms with Crippen LogP contribution < -0.4 is 5.32 Å². The van der Waals surface area contributed by atoms with Crippen molar-refractivity contribution in [2.75, 3.05) is 16.8 Å². The first kappa shape index (κ1) is 13.8. The quantitative estimate of drug-likeness (QED) is 0.866. The molecule has 0 atom stereocenters. The summed E-state index contributed by atoms with van der Waals surface area (Å²) >= 11 is 6.56. The summed E-state index contributed by atoms with van der Waals surface area (Å²) in [5, 5.41) is 11.0. The van der Waals surface area contributed by atoms with Gasteiger partial charge in [0.25, 0.3) is 0 Å². The minimum Gasteiger partial charge on any atom is -0.481 e. The average Bonchev–Trinajstić information content (AvgIpc) is 2.14. The van der Waals surface area contributed by atoms with E-state index in [-0.39, 0.29) is 22.2 Å². The molecule has 0 aromatic heterocycles. The number of anilines is 1. The lowest BCUT2D eigenvalue weighted by Gasteiger charge is -2.05. The third kappa shape index (κ3) is 5.55. The Morgan fingerprint density at radius 3 is 2.65 bits per heavy atom. The molecule has 0 fully saturated rings. The van der Waals surface area contributed by atoms with Gasteiger partial charge in [-0.15, -0.1) is 11.8 Å². The van der Waals surface area contributed by atoms with E-state index in [1.807, 2.05) is 0 Å².